The molecular formula is C60H39N3S. The van der Waals surface area contributed by atoms with Crippen molar-refractivity contribution in [2.24, 2.45) is 0 Å². The number of hydrogen-bond acceptors (Lipinski definition) is 3. The number of nitrogen functional groups attached to an aromatic ring is 1. The van der Waals surface area contributed by atoms with Gasteiger partial charge in [-0.15, -0.1) is 0 Å². The summed E-state index contributed by atoms with van der Waals surface area (Å²) in [7, 11) is 0. The number of fused-ring (bicyclic) bond motifs is 11. The number of imidazole rings is 1. The molecule has 11 aromatic rings. The molecule has 1 aromatic heterocycles. The van der Waals surface area contributed by atoms with Crippen LogP contribution in [0.25, 0.3) is 83.4 Å². The van der Waals surface area contributed by atoms with E-state index in [0.29, 0.717) is 0 Å². The van der Waals surface area contributed by atoms with Gasteiger partial charge in [-0.1, -0.05) is 182 Å². The highest BCUT2D eigenvalue weighted by molar-refractivity contribution is 7.99. The van der Waals surface area contributed by atoms with Crippen molar-refractivity contribution in [1.82, 2.24) is 9.55 Å². The summed E-state index contributed by atoms with van der Waals surface area (Å²) < 4.78 is 2.34. The molecule has 0 fully saturated rings. The number of rotatable bonds is 5. The summed E-state index contributed by atoms with van der Waals surface area (Å²) in [6.07, 6.45) is 0. The SMILES string of the molecule is Nc1ccc(-c2cc3c(cc2-c2ccc(-c4nc5ccccc5n4-c4cccc5c(-c6ccccc6)cccc45)cc2)C2(c4ccccc4Sc4ccccc42)c2ccccc2-3)cc1. The second kappa shape index (κ2) is 14.3. The van der Waals surface area contributed by atoms with Crippen molar-refractivity contribution >= 4 is 39.3 Å². The first kappa shape index (κ1) is 36.7. The van der Waals surface area contributed by atoms with E-state index >= 15 is 0 Å². The van der Waals surface area contributed by atoms with Crippen molar-refractivity contribution < 1.29 is 0 Å². The van der Waals surface area contributed by atoms with Crippen molar-refractivity contribution in [2.45, 2.75) is 15.2 Å². The molecule has 0 saturated carbocycles. The van der Waals surface area contributed by atoms with Crippen molar-refractivity contribution in [3.8, 4) is 61.6 Å². The van der Waals surface area contributed by atoms with Gasteiger partial charge in [0.05, 0.1) is 22.1 Å². The summed E-state index contributed by atoms with van der Waals surface area (Å²) in [6.45, 7) is 0. The van der Waals surface area contributed by atoms with E-state index in [4.69, 9.17) is 10.7 Å². The van der Waals surface area contributed by atoms with Crippen LogP contribution in [-0.4, -0.2) is 9.55 Å². The first-order chi connectivity index (χ1) is 31.6. The topological polar surface area (TPSA) is 43.8 Å². The van der Waals surface area contributed by atoms with Gasteiger partial charge in [0.15, 0.2) is 0 Å². The molecule has 0 unspecified atom stereocenters. The van der Waals surface area contributed by atoms with Crippen LogP contribution in [0.4, 0.5) is 5.69 Å². The number of nitrogens with zero attached hydrogens (tertiary/aromatic N) is 2. The second-order valence-electron chi connectivity index (χ2n) is 16.8. The number of nitrogens with two attached hydrogens (primary N) is 1. The summed E-state index contributed by atoms with van der Waals surface area (Å²) in [6, 6.07) is 81.7. The lowest BCUT2D eigenvalue weighted by molar-refractivity contribution is 0.722. The molecule has 0 saturated heterocycles. The summed E-state index contributed by atoms with van der Waals surface area (Å²) in [5, 5.41) is 2.38. The number of hydrogen-bond donors (Lipinski definition) is 1. The van der Waals surface area contributed by atoms with Crippen LogP contribution in [0.2, 0.25) is 0 Å². The van der Waals surface area contributed by atoms with Gasteiger partial charge in [0.25, 0.3) is 0 Å². The maximum Gasteiger partial charge on any atom is 0.145 e. The molecule has 300 valence electrons. The minimum absolute atomic E-state index is 0.484. The largest absolute Gasteiger partial charge is 0.399 e. The predicted octanol–water partition coefficient (Wildman–Crippen LogP) is 15.3. The molecule has 2 N–H and O–H groups in total. The minimum Gasteiger partial charge on any atom is -0.399 e. The summed E-state index contributed by atoms with van der Waals surface area (Å²) in [5.74, 6) is 0.903. The van der Waals surface area contributed by atoms with E-state index in [2.05, 4.69) is 217 Å². The quantitative estimate of drug-likeness (QED) is 0.176. The number of aromatic nitrogens is 2. The van der Waals surface area contributed by atoms with E-state index in [0.717, 1.165) is 44.9 Å². The van der Waals surface area contributed by atoms with Crippen LogP contribution in [0.3, 0.4) is 0 Å². The zero-order valence-electron chi connectivity index (χ0n) is 34.7. The van der Waals surface area contributed by atoms with E-state index in [1.807, 2.05) is 23.9 Å². The van der Waals surface area contributed by atoms with Crippen molar-refractivity contribution in [1.29, 1.82) is 0 Å². The first-order valence-electron chi connectivity index (χ1n) is 21.8. The molecule has 13 rings (SSSR count). The fourth-order valence-corrected chi connectivity index (χ4v) is 11.9. The Morgan fingerprint density at radius 3 is 1.72 bits per heavy atom. The highest BCUT2D eigenvalue weighted by Crippen LogP contribution is 2.63. The van der Waals surface area contributed by atoms with E-state index in [-0.39, 0.29) is 0 Å². The smallest absolute Gasteiger partial charge is 0.145 e. The molecule has 2 aliphatic rings. The van der Waals surface area contributed by atoms with Gasteiger partial charge in [-0.2, -0.15) is 0 Å². The Balaban J connectivity index is 1.02. The minimum atomic E-state index is -0.484. The van der Waals surface area contributed by atoms with Gasteiger partial charge in [0, 0.05) is 26.4 Å². The Kier molecular flexibility index (Phi) is 8.21. The summed E-state index contributed by atoms with van der Waals surface area (Å²) in [5.41, 5.74) is 25.6. The third-order valence-corrected chi connectivity index (χ3v) is 14.6. The van der Waals surface area contributed by atoms with E-state index < -0.39 is 5.41 Å². The Labute approximate surface area is 376 Å². The third kappa shape index (κ3) is 5.39. The van der Waals surface area contributed by atoms with E-state index in [1.165, 1.54) is 76.2 Å². The van der Waals surface area contributed by atoms with Gasteiger partial charge in [-0.3, -0.25) is 4.57 Å². The Hall–Kier alpha value is -7.92. The molecule has 10 aromatic carbocycles. The lowest BCUT2D eigenvalue weighted by Crippen LogP contribution is -2.32. The molecule has 64 heavy (non-hydrogen) atoms. The molecule has 0 amide bonds. The summed E-state index contributed by atoms with van der Waals surface area (Å²) in [4.78, 5) is 7.93. The third-order valence-electron chi connectivity index (χ3n) is 13.4. The average Bonchev–Trinajstić information content (AvgIpc) is 3.88. The lowest BCUT2D eigenvalue weighted by Gasteiger charge is -2.39. The standard InChI is InChI=1S/C60H39N3S/c61-42-34-32-40(33-35-42)47-36-49-45-16-4-5-20-50(45)60(51-21-6-10-26-57(51)64-58-27-11-7-22-52(58)60)53(49)37-48(47)39-28-30-41(31-29-39)59-62-54-23-8-9-24-56(54)63(59)55-25-13-18-44-43(17-12-19-46(44)55)38-14-2-1-3-15-38/h1-37H,61H2. The van der Waals surface area contributed by atoms with Crippen molar-refractivity contribution in [2.75, 3.05) is 5.73 Å². The average molecular weight is 834 g/mol. The second-order valence-corrected chi connectivity index (χ2v) is 17.9. The molecule has 1 spiro atoms. The number of benzene rings is 10. The summed E-state index contributed by atoms with van der Waals surface area (Å²) >= 11 is 1.88. The van der Waals surface area contributed by atoms with Crippen LogP contribution in [0.1, 0.15) is 22.3 Å². The molecular weight excluding hydrogens is 795 g/mol. The highest BCUT2D eigenvalue weighted by atomic mass is 32.2. The van der Waals surface area contributed by atoms with Crippen LogP contribution in [0, 0.1) is 0 Å². The zero-order valence-corrected chi connectivity index (χ0v) is 35.6. The molecule has 2 heterocycles. The van der Waals surface area contributed by atoms with Gasteiger partial charge >= 0.3 is 0 Å². The maximum atomic E-state index is 6.30. The molecule has 0 radical (unpaired) electrons. The van der Waals surface area contributed by atoms with Crippen LogP contribution in [0.5, 0.6) is 0 Å². The first-order valence-corrected chi connectivity index (χ1v) is 22.6. The highest BCUT2D eigenvalue weighted by Gasteiger charge is 2.50. The molecule has 4 heteroatoms. The normalized spacial score (nSPS) is 13.1. The van der Waals surface area contributed by atoms with E-state index in [1.54, 1.807) is 0 Å². The van der Waals surface area contributed by atoms with Gasteiger partial charge < -0.3 is 5.73 Å². The van der Waals surface area contributed by atoms with Crippen LogP contribution < -0.4 is 5.73 Å². The molecule has 0 bridgehead atoms. The molecule has 0 atom stereocenters. The predicted molar refractivity (Wildman–Crippen MR) is 266 cm³/mol. The van der Waals surface area contributed by atoms with Crippen LogP contribution in [0.15, 0.2) is 234 Å². The fourth-order valence-electron chi connectivity index (χ4n) is 10.7. The van der Waals surface area contributed by atoms with Gasteiger partial charge in [0.2, 0.25) is 0 Å². The van der Waals surface area contributed by atoms with E-state index in [9.17, 15) is 0 Å². The number of para-hydroxylation sites is 2. The maximum absolute atomic E-state index is 6.30. The zero-order chi connectivity index (χ0) is 42.4. The monoisotopic (exact) mass is 833 g/mol. The van der Waals surface area contributed by atoms with Gasteiger partial charge in [-0.05, 0) is 127 Å². The van der Waals surface area contributed by atoms with Gasteiger partial charge in [0.1, 0.15) is 5.82 Å². The van der Waals surface area contributed by atoms with Crippen molar-refractivity contribution in [3.05, 3.63) is 247 Å². The molecule has 3 nitrogen and oxygen atoms in total. The Morgan fingerprint density at radius 1 is 0.391 bits per heavy atom. The van der Waals surface area contributed by atoms with Gasteiger partial charge in [-0.25, -0.2) is 4.98 Å². The van der Waals surface area contributed by atoms with Crippen LogP contribution in [-0.2, 0) is 5.41 Å². The Morgan fingerprint density at radius 2 is 0.953 bits per heavy atom. The number of anilines is 1. The van der Waals surface area contributed by atoms with Crippen molar-refractivity contribution in [3.63, 3.8) is 0 Å². The Bertz CT molecular complexity index is 3600. The van der Waals surface area contributed by atoms with Crippen LogP contribution >= 0.6 is 11.8 Å². The molecule has 1 aliphatic carbocycles. The molecule has 1 aliphatic heterocycles. The lowest BCUT2D eigenvalue weighted by atomic mass is 9.67. The fraction of sp³-hybridized carbons (Fsp3) is 0.0167.